The lowest BCUT2D eigenvalue weighted by Crippen LogP contribution is -2.62. The van der Waals surface area contributed by atoms with Gasteiger partial charge < -0.3 is 15.1 Å². The van der Waals surface area contributed by atoms with E-state index in [1.807, 2.05) is 18.2 Å². The Bertz CT molecular complexity index is 1330. The van der Waals surface area contributed by atoms with Gasteiger partial charge in [0.1, 0.15) is 17.1 Å². The minimum absolute atomic E-state index is 0.109. The standard InChI is InChI=1S/C28H31FN6O3/c1-28(27(38)30-17-20-8-10-22(29)11-9-20)19-35-24(26(37)32(28)2)16-23(31-35)25(36)34-14-12-33(13-15-34)18-21-6-4-3-5-7-21/h3-11,16H,12-15,17-19H2,1-2H3,(H,30,38)/t28-/m1/s1. The van der Waals surface area contributed by atoms with Gasteiger partial charge in [0.2, 0.25) is 5.91 Å². The Labute approximate surface area is 220 Å². The van der Waals surface area contributed by atoms with Crippen LogP contribution in [0.1, 0.15) is 39.0 Å². The number of hydrogen-bond acceptors (Lipinski definition) is 5. The number of benzene rings is 2. The van der Waals surface area contributed by atoms with Crippen LogP contribution in [0.4, 0.5) is 4.39 Å². The van der Waals surface area contributed by atoms with Crippen LogP contribution in [0.25, 0.3) is 0 Å². The third-order valence-electron chi connectivity index (χ3n) is 7.48. The normalized spacial score (nSPS) is 19.8. The highest BCUT2D eigenvalue weighted by Crippen LogP contribution is 2.26. The summed E-state index contributed by atoms with van der Waals surface area (Å²) < 4.78 is 14.6. The maximum absolute atomic E-state index is 13.2. The summed E-state index contributed by atoms with van der Waals surface area (Å²) in [6.07, 6.45) is 0. The molecule has 198 valence electrons. The number of carbonyl (C=O) groups excluding carboxylic acids is 3. The van der Waals surface area contributed by atoms with Crippen molar-refractivity contribution in [1.82, 2.24) is 29.8 Å². The van der Waals surface area contributed by atoms with E-state index < -0.39 is 5.54 Å². The minimum Gasteiger partial charge on any atom is -0.350 e. The predicted octanol–water partition coefficient (Wildman–Crippen LogP) is 2.14. The average molecular weight is 519 g/mol. The Morgan fingerprint density at radius 1 is 1.00 bits per heavy atom. The zero-order valence-electron chi connectivity index (χ0n) is 21.6. The van der Waals surface area contributed by atoms with Gasteiger partial charge in [-0.2, -0.15) is 5.10 Å². The third kappa shape index (κ3) is 5.04. The molecule has 2 aliphatic heterocycles. The molecule has 1 atom stereocenters. The number of fused-ring (bicyclic) bond motifs is 1. The fourth-order valence-electron chi connectivity index (χ4n) is 4.92. The molecule has 2 aliphatic rings. The number of aromatic nitrogens is 2. The zero-order valence-corrected chi connectivity index (χ0v) is 21.6. The van der Waals surface area contributed by atoms with Gasteiger partial charge in [0.25, 0.3) is 11.8 Å². The molecule has 1 N–H and O–H groups in total. The topological polar surface area (TPSA) is 90.8 Å². The summed E-state index contributed by atoms with van der Waals surface area (Å²) in [5, 5.41) is 7.28. The lowest BCUT2D eigenvalue weighted by Gasteiger charge is -2.40. The number of amides is 3. The number of rotatable bonds is 6. The monoisotopic (exact) mass is 518 g/mol. The molecule has 3 aromatic rings. The van der Waals surface area contributed by atoms with Gasteiger partial charge in [-0.15, -0.1) is 0 Å². The predicted molar refractivity (Wildman–Crippen MR) is 139 cm³/mol. The summed E-state index contributed by atoms with van der Waals surface area (Å²) in [7, 11) is 1.57. The molecule has 3 heterocycles. The molecule has 10 heteroatoms. The Balaban J connectivity index is 1.23. The first-order valence-corrected chi connectivity index (χ1v) is 12.7. The van der Waals surface area contributed by atoms with Crippen molar-refractivity contribution in [3.63, 3.8) is 0 Å². The van der Waals surface area contributed by atoms with Gasteiger partial charge in [-0.1, -0.05) is 42.5 Å². The molecule has 1 fully saturated rings. The van der Waals surface area contributed by atoms with E-state index in [0.717, 1.165) is 25.2 Å². The first kappa shape index (κ1) is 25.6. The molecule has 2 aromatic carbocycles. The number of carbonyl (C=O) groups is 3. The minimum atomic E-state index is -1.21. The largest absolute Gasteiger partial charge is 0.350 e. The second-order valence-electron chi connectivity index (χ2n) is 10.1. The summed E-state index contributed by atoms with van der Waals surface area (Å²) in [6, 6.07) is 17.6. The SMILES string of the molecule is CN1C(=O)c2cc(C(=O)N3CCN(Cc4ccccc4)CC3)nn2C[C@]1(C)C(=O)NCc1ccc(F)cc1. The number of piperazine rings is 1. The fourth-order valence-corrected chi connectivity index (χ4v) is 4.92. The molecule has 1 saturated heterocycles. The van der Waals surface area contributed by atoms with Crippen LogP contribution in [0.15, 0.2) is 60.7 Å². The van der Waals surface area contributed by atoms with E-state index in [0.29, 0.717) is 13.1 Å². The molecule has 3 amide bonds. The van der Waals surface area contributed by atoms with E-state index >= 15 is 0 Å². The highest BCUT2D eigenvalue weighted by atomic mass is 19.1. The van der Waals surface area contributed by atoms with Crippen molar-refractivity contribution in [1.29, 1.82) is 0 Å². The molecule has 5 rings (SSSR count). The molecule has 38 heavy (non-hydrogen) atoms. The van der Waals surface area contributed by atoms with Gasteiger partial charge in [0.05, 0.1) is 6.54 Å². The molecule has 0 aliphatic carbocycles. The third-order valence-corrected chi connectivity index (χ3v) is 7.48. The number of nitrogens with zero attached hydrogens (tertiary/aromatic N) is 5. The number of halogens is 1. The Morgan fingerprint density at radius 3 is 2.37 bits per heavy atom. The molecule has 9 nitrogen and oxygen atoms in total. The Hall–Kier alpha value is -4.05. The van der Waals surface area contributed by atoms with Crippen molar-refractivity contribution >= 4 is 17.7 Å². The zero-order chi connectivity index (χ0) is 26.9. The van der Waals surface area contributed by atoms with E-state index in [9.17, 15) is 18.8 Å². The quantitative estimate of drug-likeness (QED) is 0.540. The average Bonchev–Trinajstić information content (AvgIpc) is 3.35. The maximum Gasteiger partial charge on any atom is 0.274 e. The van der Waals surface area contributed by atoms with Crippen molar-refractivity contribution < 1.29 is 18.8 Å². The Morgan fingerprint density at radius 2 is 1.68 bits per heavy atom. The second-order valence-corrected chi connectivity index (χ2v) is 10.1. The lowest BCUT2D eigenvalue weighted by atomic mass is 9.96. The van der Waals surface area contributed by atoms with Gasteiger partial charge in [-0.3, -0.25) is 24.0 Å². The van der Waals surface area contributed by atoms with Crippen molar-refractivity contribution in [2.45, 2.75) is 32.1 Å². The second kappa shape index (κ2) is 10.4. The number of hydrogen-bond donors (Lipinski definition) is 1. The van der Waals surface area contributed by atoms with Gasteiger partial charge in [-0.25, -0.2) is 4.39 Å². The first-order valence-electron chi connectivity index (χ1n) is 12.7. The van der Waals surface area contributed by atoms with E-state index in [4.69, 9.17) is 0 Å². The van der Waals surface area contributed by atoms with Crippen molar-refractivity contribution in [2.24, 2.45) is 0 Å². The Kier molecular flexibility index (Phi) is 6.98. The van der Waals surface area contributed by atoms with Crippen LogP contribution in [-0.2, 0) is 24.4 Å². The van der Waals surface area contributed by atoms with Crippen LogP contribution in [0.2, 0.25) is 0 Å². The molecule has 0 spiro atoms. The van der Waals surface area contributed by atoms with Gasteiger partial charge in [0.15, 0.2) is 5.69 Å². The van der Waals surface area contributed by atoms with Crippen molar-refractivity contribution in [3.8, 4) is 0 Å². The fraction of sp³-hybridized carbons (Fsp3) is 0.357. The molecule has 0 unspecified atom stereocenters. The maximum atomic E-state index is 13.2. The van der Waals surface area contributed by atoms with Crippen LogP contribution in [0, 0.1) is 5.82 Å². The van der Waals surface area contributed by atoms with E-state index in [1.165, 1.54) is 33.3 Å². The summed E-state index contributed by atoms with van der Waals surface area (Å²) in [4.78, 5) is 45.1. The lowest BCUT2D eigenvalue weighted by molar-refractivity contribution is -0.132. The van der Waals surface area contributed by atoms with Crippen molar-refractivity contribution in [2.75, 3.05) is 33.2 Å². The highest BCUT2D eigenvalue weighted by molar-refractivity contribution is 6.01. The first-order chi connectivity index (χ1) is 18.2. The van der Waals surface area contributed by atoms with Crippen LogP contribution in [-0.4, -0.2) is 81.0 Å². The molecular weight excluding hydrogens is 487 g/mol. The van der Waals surface area contributed by atoms with Crippen LogP contribution in [0.5, 0.6) is 0 Å². The van der Waals surface area contributed by atoms with E-state index in [2.05, 4.69) is 27.4 Å². The van der Waals surface area contributed by atoms with Crippen LogP contribution >= 0.6 is 0 Å². The van der Waals surface area contributed by atoms with Gasteiger partial charge in [-0.05, 0) is 30.2 Å². The molecule has 0 radical (unpaired) electrons. The summed E-state index contributed by atoms with van der Waals surface area (Å²) in [5.41, 5.74) is 1.25. The van der Waals surface area contributed by atoms with Crippen LogP contribution in [0.3, 0.4) is 0 Å². The number of nitrogens with one attached hydrogen (secondary N) is 1. The molecule has 1 aromatic heterocycles. The number of likely N-dealkylation sites (N-methyl/N-ethyl adjacent to an activating group) is 1. The molecule has 0 saturated carbocycles. The van der Waals surface area contributed by atoms with Crippen LogP contribution < -0.4 is 5.32 Å². The molecule has 0 bridgehead atoms. The van der Waals surface area contributed by atoms with Crippen molar-refractivity contribution in [3.05, 3.63) is 89.0 Å². The highest BCUT2D eigenvalue weighted by Gasteiger charge is 2.46. The smallest absolute Gasteiger partial charge is 0.274 e. The van der Waals surface area contributed by atoms with E-state index in [1.54, 1.807) is 31.0 Å². The summed E-state index contributed by atoms with van der Waals surface area (Å²) >= 11 is 0. The van der Waals surface area contributed by atoms with Gasteiger partial charge >= 0.3 is 0 Å². The summed E-state index contributed by atoms with van der Waals surface area (Å²) in [5.74, 6) is -1.31. The van der Waals surface area contributed by atoms with Gasteiger partial charge in [0, 0.05) is 52.4 Å². The molecular formula is C28H31FN6O3. The summed E-state index contributed by atoms with van der Waals surface area (Å²) in [6.45, 7) is 5.47. The van der Waals surface area contributed by atoms with E-state index in [-0.39, 0.29) is 48.0 Å².